The van der Waals surface area contributed by atoms with Gasteiger partial charge < -0.3 is 10.6 Å². The average Bonchev–Trinajstić information content (AvgIpc) is 2.90. The highest BCUT2D eigenvalue weighted by Crippen LogP contribution is 2.27. The van der Waals surface area contributed by atoms with Gasteiger partial charge in [-0.05, 0) is 43.9 Å². The van der Waals surface area contributed by atoms with E-state index in [4.69, 9.17) is 0 Å². The van der Waals surface area contributed by atoms with E-state index in [0.717, 1.165) is 0 Å². The van der Waals surface area contributed by atoms with Crippen LogP contribution in [0.1, 0.15) is 32.6 Å². The van der Waals surface area contributed by atoms with Gasteiger partial charge in [0.1, 0.15) is 5.82 Å². The van der Waals surface area contributed by atoms with E-state index in [9.17, 15) is 9.18 Å². The number of halogens is 1. The lowest BCUT2D eigenvalue weighted by Gasteiger charge is -2.20. The number of carbonyl (C=O) groups excluding carboxylic acids is 1. The molecule has 104 valence electrons. The predicted molar refractivity (Wildman–Crippen MR) is 74.5 cm³/mol. The minimum Gasteiger partial charge on any atom is -0.325 e. The van der Waals surface area contributed by atoms with Gasteiger partial charge in [-0.1, -0.05) is 18.9 Å². The van der Waals surface area contributed by atoms with E-state index in [1.165, 1.54) is 37.8 Å². The van der Waals surface area contributed by atoms with Crippen LogP contribution >= 0.6 is 0 Å². The van der Waals surface area contributed by atoms with Crippen LogP contribution in [0.5, 0.6) is 0 Å². The van der Waals surface area contributed by atoms with Crippen LogP contribution < -0.4 is 10.6 Å². The maximum Gasteiger partial charge on any atom is 0.238 e. The Bertz CT molecular complexity index is 430. The lowest BCUT2D eigenvalue weighted by Crippen LogP contribution is -2.38. The van der Waals surface area contributed by atoms with Crippen LogP contribution in [0.2, 0.25) is 0 Å². The summed E-state index contributed by atoms with van der Waals surface area (Å²) in [6, 6.07) is 6.30. The van der Waals surface area contributed by atoms with Crippen molar-refractivity contribution < 1.29 is 9.18 Å². The monoisotopic (exact) mass is 264 g/mol. The molecule has 19 heavy (non-hydrogen) atoms. The van der Waals surface area contributed by atoms with Crippen molar-refractivity contribution in [1.29, 1.82) is 0 Å². The van der Waals surface area contributed by atoms with Crippen molar-refractivity contribution in [2.24, 2.45) is 5.92 Å². The number of benzene rings is 1. The zero-order valence-corrected chi connectivity index (χ0v) is 11.3. The Balaban J connectivity index is 1.75. The fourth-order valence-corrected chi connectivity index (χ4v) is 2.65. The zero-order valence-electron chi connectivity index (χ0n) is 11.3. The Morgan fingerprint density at radius 3 is 2.84 bits per heavy atom. The van der Waals surface area contributed by atoms with Gasteiger partial charge in [-0.2, -0.15) is 0 Å². The predicted octanol–water partition coefficient (Wildman–Crippen LogP) is 2.93. The number of nitrogens with one attached hydrogen (secondary N) is 2. The van der Waals surface area contributed by atoms with Crippen LogP contribution in [-0.4, -0.2) is 18.5 Å². The molecule has 1 atom stereocenters. The molecule has 0 aliphatic heterocycles. The van der Waals surface area contributed by atoms with Crippen LogP contribution in [0, 0.1) is 11.7 Å². The first-order chi connectivity index (χ1) is 9.15. The van der Waals surface area contributed by atoms with Gasteiger partial charge in [0, 0.05) is 11.7 Å². The van der Waals surface area contributed by atoms with Crippen LogP contribution in [0.4, 0.5) is 10.1 Å². The molecule has 1 aliphatic carbocycles. The molecule has 1 aliphatic rings. The third-order valence-corrected chi connectivity index (χ3v) is 3.80. The Hall–Kier alpha value is -1.42. The van der Waals surface area contributed by atoms with E-state index in [2.05, 4.69) is 17.6 Å². The molecular weight excluding hydrogens is 243 g/mol. The van der Waals surface area contributed by atoms with Crippen molar-refractivity contribution in [3.05, 3.63) is 30.1 Å². The second-order valence-corrected chi connectivity index (χ2v) is 5.27. The molecular formula is C15H21FN2O. The summed E-state index contributed by atoms with van der Waals surface area (Å²) < 4.78 is 13.0. The average molecular weight is 264 g/mol. The van der Waals surface area contributed by atoms with Crippen LogP contribution in [0.25, 0.3) is 0 Å². The Morgan fingerprint density at radius 2 is 2.16 bits per heavy atom. The van der Waals surface area contributed by atoms with Gasteiger partial charge in [0.25, 0.3) is 0 Å². The number of anilines is 1. The quantitative estimate of drug-likeness (QED) is 0.858. The first kappa shape index (κ1) is 14.0. The maximum absolute atomic E-state index is 13.0. The maximum atomic E-state index is 13.0. The standard InChI is InChI=1S/C15H21FN2O/c1-11(12-5-2-3-6-12)17-10-15(19)18-14-8-4-7-13(16)9-14/h4,7-9,11-12,17H,2-3,5-6,10H2,1H3,(H,18,19). The highest BCUT2D eigenvalue weighted by atomic mass is 19.1. The smallest absolute Gasteiger partial charge is 0.238 e. The highest BCUT2D eigenvalue weighted by Gasteiger charge is 2.21. The minimum absolute atomic E-state index is 0.129. The second-order valence-electron chi connectivity index (χ2n) is 5.27. The van der Waals surface area contributed by atoms with Gasteiger partial charge >= 0.3 is 0 Å². The fourth-order valence-electron chi connectivity index (χ4n) is 2.65. The summed E-state index contributed by atoms with van der Waals surface area (Å²) in [5.41, 5.74) is 0.500. The third kappa shape index (κ3) is 4.31. The summed E-state index contributed by atoms with van der Waals surface area (Å²) in [5.74, 6) is 0.211. The van der Waals surface area contributed by atoms with Gasteiger partial charge in [-0.3, -0.25) is 4.79 Å². The third-order valence-electron chi connectivity index (χ3n) is 3.80. The largest absolute Gasteiger partial charge is 0.325 e. The number of carbonyl (C=O) groups is 1. The number of rotatable bonds is 5. The van der Waals surface area contributed by atoms with E-state index < -0.39 is 0 Å². The Morgan fingerprint density at radius 1 is 1.42 bits per heavy atom. The molecule has 0 bridgehead atoms. The molecule has 4 heteroatoms. The van der Waals surface area contributed by atoms with Crippen molar-refractivity contribution >= 4 is 11.6 Å². The SMILES string of the molecule is CC(NCC(=O)Nc1cccc(F)c1)C1CCCC1. The molecule has 1 aromatic rings. The molecule has 1 fully saturated rings. The number of hydrogen-bond donors (Lipinski definition) is 2. The van der Waals surface area contributed by atoms with E-state index in [1.54, 1.807) is 12.1 Å². The van der Waals surface area contributed by atoms with Gasteiger partial charge in [0.2, 0.25) is 5.91 Å². The highest BCUT2D eigenvalue weighted by molar-refractivity contribution is 5.92. The molecule has 1 amide bonds. The lowest BCUT2D eigenvalue weighted by atomic mass is 10.00. The van der Waals surface area contributed by atoms with Crippen molar-refractivity contribution in [3.63, 3.8) is 0 Å². The van der Waals surface area contributed by atoms with Crippen molar-refractivity contribution in [2.75, 3.05) is 11.9 Å². The van der Waals surface area contributed by atoms with E-state index >= 15 is 0 Å². The van der Waals surface area contributed by atoms with Crippen LogP contribution in [0.3, 0.4) is 0 Å². The van der Waals surface area contributed by atoms with Crippen molar-refractivity contribution in [2.45, 2.75) is 38.6 Å². The zero-order chi connectivity index (χ0) is 13.7. The first-order valence-corrected chi connectivity index (χ1v) is 6.94. The number of amides is 1. The van der Waals surface area contributed by atoms with Crippen LogP contribution in [0.15, 0.2) is 24.3 Å². The van der Waals surface area contributed by atoms with E-state index in [0.29, 0.717) is 17.6 Å². The fraction of sp³-hybridized carbons (Fsp3) is 0.533. The second kappa shape index (κ2) is 6.66. The van der Waals surface area contributed by atoms with E-state index in [-0.39, 0.29) is 18.3 Å². The van der Waals surface area contributed by atoms with Gasteiger partial charge in [0.15, 0.2) is 0 Å². The van der Waals surface area contributed by atoms with Gasteiger partial charge in [-0.15, -0.1) is 0 Å². The molecule has 0 heterocycles. The first-order valence-electron chi connectivity index (χ1n) is 6.94. The lowest BCUT2D eigenvalue weighted by molar-refractivity contribution is -0.115. The summed E-state index contributed by atoms with van der Waals surface area (Å²) >= 11 is 0. The summed E-state index contributed by atoms with van der Waals surface area (Å²) in [4.78, 5) is 11.7. The van der Waals surface area contributed by atoms with Crippen molar-refractivity contribution in [3.8, 4) is 0 Å². The summed E-state index contributed by atoms with van der Waals surface area (Å²) in [6.45, 7) is 2.40. The Kier molecular flexibility index (Phi) is 4.91. The topological polar surface area (TPSA) is 41.1 Å². The molecule has 1 aromatic carbocycles. The molecule has 1 saturated carbocycles. The summed E-state index contributed by atoms with van der Waals surface area (Å²) in [7, 11) is 0. The van der Waals surface area contributed by atoms with Gasteiger partial charge in [-0.25, -0.2) is 4.39 Å². The van der Waals surface area contributed by atoms with Crippen molar-refractivity contribution in [1.82, 2.24) is 5.32 Å². The number of hydrogen-bond acceptors (Lipinski definition) is 2. The summed E-state index contributed by atoms with van der Waals surface area (Å²) in [6.07, 6.45) is 5.09. The molecule has 0 spiro atoms. The molecule has 0 aromatic heterocycles. The van der Waals surface area contributed by atoms with Gasteiger partial charge in [0.05, 0.1) is 6.54 Å². The molecule has 0 radical (unpaired) electrons. The molecule has 0 saturated heterocycles. The molecule has 1 unspecified atom stereocenters. The normalized spacial score (nSPS) is 17.4. The molecule has 2 rings (SSSR count). The van der Waals surface area contributed by atoms with Crippen LogP contribution in [-0.2, 0) is 4.79 Å². The molecule has 3 nitrogen and oxygen atoms in total. The summed E-state index contributed by atoms with van der Waals surface area (Å²) in [5, 5.41) is 5.94. The van der Waals surface area contributed by atoms with E-state index in [1.807, 2.05) is 0 Å². The molecule has 2 N–H and O–H groups in total. The Labute approximate surface area is 113 Å². The minimum atomic E-state index is -0.343.